The Morgan fingerprint density at radius 1 is 1.43 bits per heavy atom. The van der Waals surface area contributed by atoms with E-state index >= 15 is 0 Å². The molecule has 0 saturated carbocycles. The van der Waals surface area contributed by atoms with Crippen molar-refractivity contribution in [1.82, 2.24) is 0 Å². The van der Waals surface area contributed by atoms with Gasteiger partial charge in [0, 0.05) is 12.1 Å². The number of esters is 1. The lowest BCUT2D eigenvalue weighted by Crippen LogP contribution is -2.35. The zero-order valence-corrected chi connectivity index (χ0v) is 11.4. The fourth-order valence-corrected chi connectivity index (χ4v) is 1.81. The number of non-ortho nitro benzene ring substituents is 1. The summed E-state index contributed by atoms with van der Waals surface area (Å²) in [5.74, 6) is -0.275. The van der Waals surface area contributed by atoms with Crippen molar-refractivity contribution in [3.05, 3.63) is 34.4 Å². The number of carbonyl (C=O) groups excluding carboxylic acids is 2. The topological polar surface area (TPSA) is 109 Å². The standard InChI is InChI=1S/C13H13NO7/c1-13(2)7-19-11(15)10(13)21-12(16)20-9-5-3-8(4-6-9)14(17)18/h3-6,10H,7H2,1-2H3/p+1/t10-/m1/s1. The lowest BCUT2D eigenvalue weighted by Gasteiger charge is -2.17. The summed E-state index contributed by atoms with van der Waals surface area (Å²) in [6.07, 6.45) is -1.96. The molecule has 1 heterocycles. The van der Waals surface area contributed by atoms with Gasteiger partial charge in [0.15, 0.2) is 6.61 Å². The van der Waals surface area contributed by atoms with Gasteiger partial charge in [0.1, 0.15) is 5.75 Å². The molecular formula is C13H14NO7+. The van der Waals surface area contributed by atoms with E-state index in [0.29, 0.717) is 0 Å². The minimum Gasteiger partial charge on any atom is -0.411 e. The van der Waals surface area contributed by atoms with Gasteiger partial charge in [0.05, 0.1) is 10.3 Å². The van der Waals surface area contributed by atoms with Gasteiger partial charge in [0.2, 0.25) is 0 Å². The predicted octanol–water partition coefficient (Wildman–Crippen LogP) is 2.04. The molecule has 0 spiro atoms. The first-order valence-electron chi connectivity index (χ1n) is 6.11. The van der Waals surface area contributed by atoms with E-state index in [-0.39, 0.29) is 24.0 Å². The number of nitrogens with zero attached hydrogens (tertiary/aromatic N) is 1. The Labute approximate surface area is 119 Å². The number of cyclic esters (lactones) is 1. The van der Waals surface area contributed by atoms with Gasteiger partial charge in [-0.25, -0.2) is 4.79 Å². The molecule has 1 atom stereocenters. The summed E-state index contributed by atoms with van der Waals surface area (Å²) < 4.78 is 14.8. The second-order valence-corrected chi connectivity index (χ2v) is 5.22. The minimum absolute atomic E-state index is 0.0989. The number of ether oxygens (including phenoxy) is 3. The summed E-state index contributed by atoms with van der Waals surface area (Å²) in [4.78, 5) is 31.1. The Morgan fingerprint density at radius 2 is 2.05 bits per heavy atom. The largest absolute Gasteiger partial charge is 0.526 e. The molecule has 0 bridgehead atoms. The van der Waals surface area contributed by atoms with E-state index in [1.807, 2.05) is 0 Å². The molecule has 1 aromatic carbocycles. The summed E-state index contributed by atoms with van der Waals surface area (Å²) in [5.41, 5.74) is -0.689. The Morgan fingerprint density at radius 3 is 2.52 bits per heavy atom. The van der Waals surface area contributed by atoms with Gasteiger partial charge in [-0.2, -0.15) is 0 Å². The first kappa shape index (κ1) is 14.8. The van der Waals surface area contributed by atoms with Crippen molar-refractivity contribution in [2.45, 2.75) is 20.0 Å². The molecule has 21 heavy (non-hydrogen) atoms. The van der Waals surface area contributed by atoms with Crippen LogP contribution >= 0.6 is 0 Å². The monoisotopic (exact) mass is 296 g/mol. The number of nitro groups is 1. The van der Waals surface area contributed by atoms with E-state index in [0.717, 1.165) is 0 Å². The van der Waals surface area contributed by atoms with Crippen molar-refractivity contribution in [3.63, 3.8) is 0 Å². The van der Waals surface area contributed by atoms with Crippen molar-refractivity contribution in [1.29, 1.82) is 0 Å². The quantitative estimate of drug-likeness (QED) is 0.277. The summed E-state index contributed by atoms with van der Waals surface area (Å²) in [6, 6.07) is 4.96. The molecule has 1 N–H and O–H groups in total. The SMILES string of the molecule is CC1(C)COC(=[OH+])[C@H]1OC(=O)Oc1ccc([N+](=O)[O-])cc1. The molecule has 2 rings (SSSR count). The van der Waals surface area contributed by atoms with Crippen molar-refractivity contribution >= 4 is 17.8 Å². The van der Waals surface area contributed by atoms with E-state index in [4.69, 9.17) is 14.2 Å². The number of rotatable bonds is 3. The van der Waals surface area contributed by atoms with Crippen LogP contribution in [0.25, 0.3) is 0 Å². The molecule has 0 unspecified atom stereocenters. The predicted molar refractivity (Wildman–Crippen MR) is 70.7 cm³/mol. The smallest absolute Gasteiger partial charge is 0.411 e. The van der Waals surface area contributed by atoms with Crippen LogP contribution in [0.15, 0.2) is 24.3 Å². The maximum atomic E-state index is 11.7. The third kappa shape index (κ3) is 3.28. The third-order valence-corrected chi connectivity index (χ3v) is 2.99. The van der Waals surface area contributed by atoms with Crippen LogP contribution in [-0.2, 0) is 9.47 Å². The minimum atomic E-state index is -1.03. The molecule has 1 fully saturated rings. The van der Waals surface area contributed by atoms with Gasteiger partial charge in [-0.05, 0) is 26.0 Å². The number of benzene rings is 1. The average Bonchev–Trinajstić information content (AvgIpc) is 2.66. The molecule has 0 radical (unpaired) electrons. The van der Waals surface area contributed by atoms with Crippen molar-refractivity contribution in [2.24, 2.45) is 5.41 Å². The maximum Gasteiger partial charge on any atom is 0.526 e. The zero-order valence-electron chi connectivity index (χ0n) is 11.4. The first-order valence-corrected chi connectivity index (χ1v) is 6.11. The molecule has 112 valence electrons. The Hall–Kier alpha value is -2.64. The number of hydrogen-bond donors (Lipinski definition) is 0. The average molecular weight is 296 g/mol. The van der Waals surface area contributed by atoms with Crippen molar-refractivity contribution in [3.8, 4) is 5.75 Å². The van der Waals surface area contributed by atoms with Crippen LogP contribution in [0.1, 0.15) is 13.8 Å². The summed E-state index contributed by atoms with van der Waals surface area (Å²) in [7, 11) is 0. The van der Waals surface area contributed by atoms with Crippen LogP contribution in [-0.4, -0.2) is 34.6 Å². The van der Waals surface area contributed by atoms with E-state index in [1.54, 1.807) is 13.8 Å². The van der Waals surface area contributed by atoms with Gasteiger partial charge >= 0.3 is 12.1 Å². The van der Waals surface area contributed by atoms with Gasteiger partial charge < -0.3 is 19.0 Å². The molecule has 1 aliphatic rings. The molecule has 8 nitrogen and oxygen atoms in total. The summed E-state index contributed by atoms with van der Waals surface area (Å²) in [5, 5.41) is 10.5. The number of nitro benzene ring substituents is 1. The lowest BCUT2D eigenvalue weighted by molar-refractivity contribution is -0.384. The maximum absolute atomic E-state index is 11.7. The Kier molecular flexibility index (Phi) is 3.79. The van der Waals surface area contributed by atoms with Gasteiger partial charge in [-0.3, -0.25) is 10.1 Å². The Balaban J connectivity index is 1.98. The second-order valence-electron chi connectivity index (χ2n) is 5.22. The van der Waals surface area contributed by atoms with Crippen molar-refractivity contribution < 1.29 is 28.7 Å². The zero-order chi connectivity index (χ0) is 15.6. The molecule has 8 heteroatoms. The molecule has 0 aromatic heterocycles. The number of hydrogen-bond acceptors (Lipinski definition) is 6. The molecule has 1 saturated heterocycles. The highest BCUT2D eigenvalue weighted by molar-refractivity contribution is 5.81. The van der Waals surface area contributed by atoms with Crippen LogP contribution in [0.4, 0.5) is 10.5 Å². The van der Waals surface area contributed by atoms with E-state index in [1.165, 1.54) is 24.3 Å². The van der Waals surface area contributed by atoms with Crippen molar-refractivity contribution in [2.75, 3.05) is 6.61 Å². The molecule has 0 aliphatic carbocycles. The van der Waals surface area contributed by atoms with E-state index in [2.05, 4.69) is 0 Å². The summed E-state index contributed by atoms with van der Waals surface area (Å²) in [6.45, 7) is 3.74. The molecule has 1 aromatic rings. The molecule has 1 aliphatic heterocycles. The fourth-order valence-electron chi connectivity index (χ4n) is 1.81. The van der Waals surface area contributed by atoms with Crippen LogP contribution in [0, 0.1) is 15.5 Å². The normalized spacial score (nSPS) is 19.7. The van der Waals surface area contributed by atoms with Gasteiger partial charge in [-0.1, -0.05) is 0 Å². The first-order chi connectivity index (χ1) is 9.79. The third-order valence-electron chi connectivity index (χ3n) is 2.99. The van der Waals surface area contributed by atoms with Crippen LogP contribution < -0.4 is 4.74 Å². The highest BCUT2D eigenvalue weighted by atomic mass is 16.7. The highest BCUT2D eigenvalue weighted by Crippen LogP contribution is 2.31. The van der Waals surface area contributed by atoms with Gasteiger partial charge in [-0.15, -0.1) is 0 Å². The second kappa shape index (κ2) is 5.39. The number of carbonyl (C=O) groups is 1. The van der Waals surface area contributed by atoms with Crippen LogP contribution in [0.5, 0.6) is 5.75 Å². The summed E-state index contributed by atoms with van der Waals surface area (Å²) >= 11 is 0. The fraction of sp³-hybridized carbons (Fsp3) is 0.385. The molecular weight excluding hydrogens is 282 g/mol. The highest BCUT2D eigenvalue weighted by Gasteiger charge is 2.53. The van der Waals surface area contributed by atoms with E-state index in [9.17, 15) is 19.7 Å². The van der Waals surface area contributed by atoms with Gasteiger partial charge in [0.25, 0.3) is 11.8 Å². The van der Waals surface area contributed by atoms with Crippen LogP contribution in [0.2, 0.25) is 0 Å². The molecule has 0 amide bonds. The Bertz CT molecular complexity index is 579. The van der Waals surface area contributed by atoms with E-state index < -0.39 is 22.6 Å². The lowest BCUT2D eigenvalue weighted by atomic mass is 9.90. The van der Waals surface area contributed by atoms with Crippen LogP contribution in [0.3, 0.4) is 0 Å².